The normalized spacial score (nSPS) is 11.5. The van der Waals surface area contributed by atoms with Crippen molar-refractivity contribution in [3.63, 3.8) is 0 Å². The lowest BCUT2D eigenvalue weighted by atomic mass is 10.1. The van der Waals surface area contributed by atoms with E-state index in [0.29, 0.717) is 17.1 Å². The Morgan fingerprint density at radius 2 is 2.06 bits per heavy atom. The van der Waals surface area contributed by atoms with E-state index in [0.717, 1.165) is 0 Å². The largest absolute Gasteiger partial charge is 0.497 e. The van der Waals surface area contributed by atoms with Crippen LogP contribution in [0.2, 0.25) is 0 Å². The Balaban J connectivity index is 2.95. The summed E-state index contributed by atoms with van der Waals surface area (Å²) in [6, 6.07) is 4.57. The number of amides is 1. The zero-order chi connectivity index (χ0) is 13.7. The van der Waals surface area contributed by atoms with Gasteiger partial charge < -0.3 is 20.5 Å². The van der Waals surface area contributed by atoms with Crippen molar-refractivity contribution < 1.29 is 14.3 Å². The van der Waals surface area contributed by atoms with E-state index in [9.17, 15) is 4.79 Å². The zero-order valence-electron chi connectivity index (χ0n) is 10.5. The summed E-state index contributed by atoms with van der Waals surface area (Å²) in [5.41, 5.74) is 5.85. The second kappa shape index (κ2) is 6.20. The predicted molar refractivity (Wildman–Crippen MR) is 73.3 cm³/mol. The van der Waals surface area contributed by atoms with Crippen LogP contribution < -0.4 is 20.5 Å². The van der Waals surface area contributed by atoms with E-state index >= 15 is 0 Å². The summed E-state index contributed by atoms with van der Waals surface area (Å²) in [5.74, 6) is 0.752. The van der Waals surface area contributed by atoms with Crippen LogP contribution in [0, 0.1) is 0 Å². The van der Waals surface area contributed by atoms with Crippen molar-refractivity contribution in [3.8, 4) is 11.5 Å². The van der Waals surface area contributed by atoms with Crippen molar-refractivity contribution in [2.45, 2.75) is 13.0 Å². The average Bonchev–Trinajstić information content (AvgIpc) is 2.37. The van der Waals surface area contributed by atoms with Crippen molar-refractivity contribution >= 4 is 23.1 Å². The van der Waals surface area contributed by atoms with Crippen LogP contribution in [-0.2, 0) is 0 Å². The number of carbonyl (C=O) groups excluding carboxylic acids is 1. The van der Waals surface area contributed by atoms with Gasteiger partial charge in [-0.1, -0.05) is 12.2 Å². The minimum absolute atomic E-state index is 0.232. The molecule has 1 amide bonds. The van der Waals surface area contributed by atoms with E-state index in [1.54, 1.807) is 32.2 Å². The first-order chi connectivity index (χ1) is 8.49. The third-order valence-corrected chi connectivity index (χ3v) is 2.78. The van der Waals surface area contributed by atoms with E-state index < -0.39 is 0 Å². The van der Waals surface area contributed by atoms with Crippen molar-refractivity contribution in [2.75, 3.05) is 14.2 Å². The molecule has 5 nitrogen and oxygen atoms in total. The van der Waals surface area contributed by atoms with Crippen molar-refractivity contribution in [2.24, 2.45) is 5.73 Å². The van der Waals surface area contributed by atoms with Crippen molar-refractivity contribution in [1.82, 2.24) is 5.32 Å². The van der Waals surface area contributed by atoms with Gasteiger partial charge in [0.25, 0.3) is 5.91 Å². The van der Waals surface area contributed by atoms with Gasteiger partial charge in [-0.15, -0.1) is 0 Å². The quantitative estimate of drug-likeness (QED) is 0.783. The number of rotatable bonds is 5. The van der Waals surface area contributed by atoms with Crippen LogP contribution in [0.5, 0.6) is 11.5 Å². The Kier molecular flexibility index (Phi) is 4.91. The fourth-order valence-electron chi connectivity index (χ4n) is 1.33. The smallest absolute Gasteiger partial charge is 0.255 e. The molecule has 0 bridgehead atoms. The van der Waals surface area contributed by atoms with E-state index in [4.69, 9.17) is 27.4 Å². The number of thiocarbonyl (C=S) groups is 1. The number of hydrogen-bond donors (Lipinski definition) is 2. The molecule has 1 aromatic carbocycles. The molecule has 0 heterocycles. The van der Waals surface area contributed by atoms with Gasteiger partial charge in [0.2, 0.25) is 0 Å². The third kappa shape index (κ3) is 3.33. The molecule has 3 N–H and O–H groups in total. The fraction of sp³-hybridized carbons (Fsp3) is 0.333. The zero-order valence-corrected chi connectivity index (χ0v) is 11.3. The number of carbonyl (C=O) groups is 1. The summed E-state index contributed by atoms with van der Waals surface area (Å²) in [5, 5.41) is 2.68. The summed E-state index contributed by atoms with van der Waals surface area (Å²) in [6.45, 7) is 1.72. The molecular weight excluding hydrogens is 252 g/mol. The monoisotopic (exact) mass is 268 g/mol. The SMILES string of the molecule is COc1ccc(C(=O)NC(C)C(N)=S)c(OC)c1. The van der Waals surface area contributed by atoms with E-state index in [1.165, 1.54) is 7.11 Å². The fourth-order valence-corrected chi connectivity index (χ4v) is 1.39. The van der Waals surface area contributed by atoms with Crippen LogP contribution in [-0.4, -0.2) is 31.2 Å². The van der Waals surface area contributed by atoms with Gasteiger partial charge in [0, 0.05) is 6.07 Å². The van der Waals surface area contributed by atoms with Gasteiger partial charge in [0.15, 0.2) is 0 Å². The van der Waals surface area contributed by atoms with Crippen LogP contribution in [0.1, 0.15) is 17.3 Å². The predicted octanol–water partition coefficient (Wildman–Crippen LogP) is 1.11. The highest BCUT2D eigenvalue weighted by atomic mass is 32.1. The maximum atomic E-state index is 12.0. The molecule has 0 aliphatic rings. The number of benzene rings is 1. The Morgan fingerprint density at radius 3 is 2.56 bits per heavy atom. The van der Waals surface area contributed by atoms with Gasteiger partial charge in [-0.3, -0.25) is 4.79 Å². The van der Waals surface area contributed by atoms with E-state index in [2.05, 4.69) is 5.32 Å². The minimum Gasteiger partial charge on any atom is -0.497 e. The van der Waals surface area contributed by atoms with E-state index in [-0.39, 0.29) is 16.9 Å². The summed E-state index contributed by atoms with van der Waals surface area (Å²) in [4.78, 5) is 12.2. The van der Waals surface area contributed by atoms with Crippen LogP contribution in [0.25, 0.3) is 0 Å². The lowest BCUT2D eigenvalue weighted by Gasteiger charge is -2.14. The van der Waals surface area contributed by atoms with Crippen LogP contribution in [0.15, 0.2) is 18.2 Å². The number of ether oxygens (including phenoxy) is 2. The van der Waals surface area contributed by atoms with E-state index in [1.807, 2.05) is 0 Å². The molecule has 1 aromatic rings. The van der Waals surface area contributed by atoms with Crippen LogP contribution in [0.4, 0.5) is 0 Å². The summed E-state index contributed by atoms with van der Waals surface area (Å²) >= 11 is 4.80. The third-order valence-electron chi connectivity index (χ3n) is 2.43. The Labute approximate surface area is 111 Å². The molecule has 18 heavy (non-hydrogen) atoms. The summed E-state index contributed by atoms with van der Waals surface area (Å²) < 4.78 is 10.2. The van der Waals surface area contributed by atoms with Gasteiger partial charge in [0.05, 0.1) is 30.8 Å². The Hall–Kier alpha value is -1.82. The van der Waals surface area contributed by atoms with Gasteiger partial charge in [-0.2, -0.15) is 0 Å². The first-order valence-corrected chi connectivity index (χ1v) is 5.72. The van der Waals surface area contributed by atoms with Gasteiger partial charge in [-0.25, -0.2) is 0 Å². The van der Waals surface area contributed by atoms with Gasteiger partial charge in [-0.05, 0) is 19.1 Å². The average molecular weight is 268 g/mol. The highest BCUT2D eigenvalue weighted by molar-refractivity contribution is 7.80. The molecule has 6 heteroatoms. The molecule has 0 fully saturated rings. The maximum Gasteiger partial charge on any atom is 0.255 e. The summed E-state index contributed by atoms with van der Waals surface area (Å²) in [7, 11) is 3.03. The molecule has 98 valence electrons. The van der Waals surface area contributed by atoms with Gasteiger partial charge in [0.1, 0.15) is 11.5 Å². The molecule has 0 saturated heterocycles. The summed E-state index contributed by atoms with van der Waals surface area (Å²) in [6.07, 6.45) is 0. The highest BCUT2D eigenvalue weighted by Gasteiger charge is 2.16. The number of hydrogen-bond acceptors (Lipinski definition) is 4. The standard InChI is InChI=1S/C12H16N2O3S/c1-7(11(13)18)14-12(15)9-5-4-8(16-2)6-10(9)17-3/h4-7H,1-3H3,(H2,13,18)(H,14,15). The van der Waals surface area contributed by atoms with Crippen LogP contribution in [0.3, 0.4) is 0 Å². The first-order valence-electron chi connectivity index (χ1n) is 5.31. The minimum atomic E-state index is -0.376. The molecule has 1 atom stereocenters. The molecule has 1 unspecified atom stereocenters. The molecular formula is C12H16N2O3S. The molecule has 0 radical (unpaired) electrons. The number of nitrogens with one attached hydrogen (secondary N) is 1. The molecule has 0 aromatic heterocycles. The van der Waals surface area contributed by atoms with Crippen molar-refractivity contribution in [3.05, 3.63) is 23.8 Å². The van der Waals surface area contributed by atoms with Gasteiger partial charge >= 0.3 is 0 Å². The molecule has 0 spiro atoms. The van der Waals surface area contributed by atoms with Crippen LogP contribution >= 0.6 is 12.2 Å². The molecule has 0 aliphatic heterocycles. The highest BCUT2D eigenvalue weighted by Crippen LogP contribution is 2.24. The second-order valence-corrected chi connectivity index (χ2v) is 4.14. The lowest BCUT2D eigenvalue weighted by molar-refractivity contribution is 0.0946. The number of methoxy groups -OCH3 is 2. The molecule has 0 aliphatic carbocycles. The Morgan fingerprint density at radius 1 is 1.39 bits per heavy atom. The lowest BCUT2D eigenvalue weighted by Crippen LogP contribution is -2.41. The Bertz CT molecular complexity index is 463. The van der Waals surface area contributed by atoms with Crippen molar-refractivity contribution in [1.29, 1.82) is 0 Å². The molecule has 0 saturated carbocycles. The topological polar surface area (TPSA) is 73.6 Å². The number of nitrogens with two attached hydrogens (primary N) is 1. The first kappa shape index (κ1) is 14.2. The maximum absolute atomic E-state index is 12.0. The second-order valence-electron chi connectivity index (χ2n) is 3.66. The molecule has 1 rings (SSSR count).